The van der Waals surface area contributed by atoms with Crippen LogP contribution in [0.3, 0.4) is 0 Å². The molecular weight excluding hydrogens is 172 g/mol. The van der Waals surface area contributed by atoms with Crippen molar-refractivity contribution in [2.45, 2.75) is 6.92 Å². The fraction of sp³-hybridized carbons (Fsp3) is 0.778. The highest BCUT2D eigenvalue weighted by Gasteiger charge is 2.04. The standard InChI is InChI=1S/C9H20S2/c1-9(8-11(4)5)6-7-10(2)3/h6H,7-8H2,1-5H3/q+2/b9-6+. The molecule has 0 saturated heterocycles. The van der Waals surface area contributed by atoms with Crippen LogP contribution in [0.5, 0.6) is 0 Å². The second-order valence-electron chi connectivity index (χ2n) is 3.33. The number of rotatable bonds is 4. The summed E-state index contributed by atoms with van der Waals surface area (Å²) in [5.41, 5.74) is 1.57. The molecule has 0 aliphatic heterocycles. The van der Waals surface area contributed by atoms with E-state index in [2.05, 4.69) is 38.0 Å². The molecule has 66 valence electrons. The van der Waals surface area contributed by atoms with Crippen LogP contribution in [-0.2, 0) is 21.8 Å². The minimum atomic E-state index is 0.574. The Morgan fingerprint density at radius 3 is 2.00 bits per heavy atom. The predicted octanol–water partition coefficient (Wildman–Crippen LogP) is 1.69. The third kappa shape index (κ3) is 8.35. The Balaban J connectivity index is 3.63. The van der Waals surface area contributed by atoms with E-state index in [1.165, 1.54) is 11.5 Å². The van der Waals surface area contributed by atoms with Crippen LogP contribution in [0.25, 0.3) is 0 Å². The highest BCUT2D eigenvalue weighted by Crippen LogP contribution is 1.99. The van der Waals surface area contributed by atoms with Crippen LogP contribution < -0.4 is 0 Å². The Morgan fingerprint density at radius 1 is 1.09 bits per heavy atom. The van der Waals surface area contributed by atoms with Crippen molar-refractivity contribution in [2.75, 3.05) is 36.5 Å². The molecule has 0 aliphatic carbocycles. The molecule has 0 atom stereocenters. The van der Waals surface area contributed by atoms with E-state index < -0.39 is 0 Å². The van der Waals surface area contributed by atoms with Gasteiger partial charge in [0.05, 0.1) is 25.0 Å². The molecule has 0 spiro atoms. The number of hydrogen-bond acceptors (Lipinski definition) is 0. The van der Waals surface area contributed by atoms with Crippen LogP contribution in [0.15, 0.2) is 11.6 Å². The van der Waals surface area contributed by atoms with Crippen LogP contribution in [0.4, 0.5) is 0 Å². The van der Waals surface area contributed by atoms with E-state index in [1.807, 2.05) is 0 Å². The van der Waals surface area contributed by atoms with E-state index in [-0.39, 0.29) is 0 Å². The zero-order valence-corrected chi connectivity index (χ0v) is 9.94. The van der Waals surface area contributed by atoms with Gasteiger partial charge >= 0.3 is 0 Å². The molecule has 0 radical (unpaired) electrons. The summed E-state index contributed by atoms with van der Waals surface area (Å²) >= 11 is 0. The van der Waals surface area contributed by atoms with Crippen molar-refractivity contribution in [2.24, 2.45) is 0 Å². The topological polar surface area (TPSA) is 0 Å². The van der Waals surface area contributed by atoms with Gasteiger partial charge in [-0.3, -0.25) is 0 Å². The summed E-state index contributed by atoms with van der Waals surface area (Å²) in [6.45, 7) is 2.25. The third-order valence-electron chi connectivity index (χ3n) is 1.28. The molecule has 0 rings (SSSR count). The Morgan fingerprint density at radius 2 is 1.64 bits per heavy atom. The normalized spacial score (nSPS) is 13.2. The van der Waals surface area contributed by atoms with Crippen molar-refractivity contribution in [1.82, 2.24) is 0 Å². The summed E-state index contributed by atoms with van der Waals surface area (Å²) in [5, 5.41) is 0. The Kier molecular flexibility index (Phi) is 6.25. The third-order valence-corrected chi connectivity index (χ3v) is 3.15. The second-order valence-corrected chi connectivity index (χ2v) is 7.90. The number of hydrogen-bond donors (Lipinski definition) is 0. The molecule has 0 saturated carbocycles. The second kappa shape index (κ2) is 6.01. The van der Waals surface area contributed by atoms with Crippen LogP contribution in [0, 0.1) is 0 Å². The Hall–Kier alpha value is 0.440. The summed E-state index contributed by atoms with van der Waals surface area (Å²) in [6, 6.07) is 0. The van der Waals surface area contributed by atoms with Gasteiger partial charge in [0.15, 0.2) is 0 Å². The molecule has 0 aliphatic rings. The molecule has 0 aromatic rings. The fourth-order valence-corrected chi connectivity index (χ4v) is 2.47. The Labute approximate surface area is 77.2 Å². The molecule has 0 aromatic carbocycles. The maximum atomic E-state index is 2.40. The summed E-state index contributed by atoms with van der Waals surface area (Å²) in [6.07, 6.45) is 11.6. The first-order valence-electron chi connectivity index (χ1n) is 3.76. The van der Waals surface area contributed by atoms with Crippen molar-refractivity contribution in [1.29, 1.82) is 0 Å². The first-order chi connectivity index (χ1) is 5.02. The molecule has 0 amide bonds. The highest BCUT2D eigenvalue weighted by atomic mass is 32.2. The van der Waals surface area contributed by atoms with Gasteiger partial charge in [-0.1, -0.05) is 0 Å². The van der Waals surface area contributed by atoms with Crippen molar-refractivity contribution in [3.05, 3.63) is 11.6 Å². The lowest BCUT2D eigenvalue weighted by Gasteiger charge is -1.97. The maximum Gasteiger partial charge on any atom is 0.128 e. The molecule has 0 heterocycles. The molecular formula is C9H20S2+2. The lowest BCUT2D eigenvalue weighted by atomic mass is 10.3. The van der Waals surface area contributed by atoms with Crippen LogP contribution in [-0.4, -0.2) is 36.5 Å². The summed E-state index contributed by atoms with van der Waals surface area (Å²) in [5.74, 6) is 2.56. The van der Waals surface area contributed by atoms with E-state index in [0.29, 0.717) is 21.8 Å². The molecule has 0 unspecified atom stereocenters. The van der Waals surface area contributed by atoms with E-state index in [1.54, 1.807) is 5.57 Å². The van der Waals surface area contributed by atoms with Crippen molar-refractivity contribution < 1.29 is 0 Å². The van der Waals surface area contributed by atoms with Crippen molar-refractivity contribution >= 4 is 21.8 Å². The lowest BCUT2D eigenvalue weighted by Crippen LogP contribution is -2.05. The molecule has 11 heavy (non-hydrogen) atoms. The summed E-state index contributed by atoms with van der Waals surface area (Å²) in [4.78, 5) is 0. The molecule has 2 heteroatoms. The zero-order chi connectivity index (χ0) is 8.85. The van der Waals surface area contributed by atoms with Gasteiger partial charge in [0.25, 0.3) is 0 Å². The molecule has 0 N–H and O–H groups in total. The van der Waals surface area contributed by atoms with Crippen molar-refractivity contribution in [3.63, 3.8) is 0 Å². The average molecular weight is 192 g/mol. The molecule has 0 nitrogen and oxygen atoms in total. The first-order valence-corrected chi connectivity index (χ1v) is 8.18. The van der Waals surface area contributed by atoms with Crippen LogP contribution >= 0.6 is 0 Å². The molecule has 0 aromatic heterocycles. The molecule has 0 fully saturated rings. The molecule has 0 bridgehead atoms. The van der Waals surface area contributed by atoms with Gasteiger partial charge in [-0.2, -0.15) is 0 Å². The van der Waals surface area contributed by atoms with Crippen LogP contribution in [0.2, 0.25) is 0 Å². The van der Waals surface area contributed by atoms with Gasteiger partial charge < -0.3 is 0 Å². The van der Waals surface area contributed by atoms with Gasteiger partial charge in [-0.25, -0.2) is 0 Å². The summed E-state index contributed by atoms with van der Waals surface area (Å²) in [7, 11) is 1.15. The SMILES string of the molecule is C/C(=C\C[S+](C)C)C[S+](C)C. The van der Waals surface area contributed by atoms with E-state index in [9.17, 15) is 0 Å². The Bertz CT molecular complexity index is 126. The van der Waals surface area contributed by atoms with E-state index in [0.717, 1.165) is 0 Å². The quantitative estimate of drug-likeness (QED) is 0.470. The van der Waals surface area contributed by atoms with Gasteiger partial charge in [-0.15, -0.1) is 0 Å². The fourth-order valence-electron chi connectivity index (χ4n) is 0.823. The van der Waals surface area contributed by atoms with Gasteiger partial charge in [0, 0.05) is 0 Å². The summed E-state index contributed by atoms with van der Waals surface area (Å²) < 4.78 is 0. The zero-order valence-electron chi connectivity index (χ0n) is 8.31. The van der Waals surface area contributed by atoms with Gasteiger partial charge in [0.1, 0.15) is 11.5 Å². The maximum absolute atomic E-state index is 2.40. The average Bonchev–Trinajstić information content (AvgIpc) is 1.82. The lowest BCUT2D eigenvalue weighted by molar-refractivity contribution is 1.37. The predicted molar refractivity (Wildman–Crippen MR) is 61.9 cm³/mol. The largest absolute Gasteiger partial charge is 0.128 e. The smallest absolute Gasteiger partial charge is 0.0391 e. The monoisotopic (exact) mass is 192 g/mol. The van der Waals surface area contributed by atoms with E-state index in [4.69, 9.17) is 0 Å². The highest BCUT2D eigenvalue weighted by molar-refractivity contribution is 7.96. The van der Waals surface area contributed by atoms with Gasteiger partial charge in [-0.05, 0) is 40.4 Å². The van der Waals surface area contributed by atoms with Crippen molar-refractivity contribution in [3.8, 4) is 0 Å². The van der Waals surface area contributed by atoms with Gasteiger partial charge in [0.2, 0.25) is 0 Å². The van der Waals surface area contributed by atoms with E-state index >= 15 is 0 Å². The minimum absolute atomic E-state index is 0.574. The minimum Gasteiger partial charge on any atom is -0.0391 e. The van der Waals surface area contributed by atoms with Crippen LogP contribution in [0.1, 0.15) is 6.92 Å². The first kappa shape index (κ1) is 11.4.